The second kappa shape index (κ2) is 9.63. The number of hydrogen-bond acceptors (Lipinski definition) is 1. The van der Waals surface area contributed by atoms with Crippen LogP contribution in [0.5, 0.6) is 0 Å². The van der Waals surface area contributed by atoms with E-state index in [2.05, 4.69) is 0 Å². The number of hydrogen-bond donors (Lipinski definition) is 1. The zero-order valence-electron chi connectivity index (χ0n) is 17.5. The summed E-state index contributed by atoms with van der Waals surface area (Å²) in [5, 5.41) is 7.52. The van der Waals surface area contributed by atoms with Gasteiger partial charge < -0.3 is 5.11 Å². The van der Waals surface area contributed by atoms with Gasteiger partial charge in [-0.05, 0) is 6.42 Å². The summed E-state index contributed by atoms with van der Waals surface area (Å²) in [6.07, 6.45) is -11.5. The Bertz CT molecular complexity index is 780. The van der Waals surface area contributed by atoms with E-state index in [9.17, 15) is 87.8 Å². The van der Waals surface area contributed by atoms with Crippen LogP contribution in [0.2, 0.25) is 0 Å². The van der Waals surface area contributed by atoms with Gasteiger partial charge in [-0.1, -0.05) is 26.2 Å². The summed E-state index contributed by atoms with van der Waals surface area (Å²) < 4.78 is 266. The highest BCUT2D eigenvalue weighted by atomic mass is 19.4. The molecule has 1 nitrogen and oxygen atoms in total. The van der Waals surface area contributed by atoms with Gasteiger partial charge in [-0.3, -0.25) is 0 Å². The maximum absolute atomic E-state index is 13.7. The van der Waals surface area contributed by atoms with Crippen LogP contribution in [0.3, 0.4) is 0 Å². The quantitative estimate of drug-likeness (QED) is 0.157. The van der Waals surface area contributed by atoms with E-state index in [1.807, 2.05) is 0 Å². The van der Waals surface area contributed by atoms with E-state index in [1.165, 1.54) is 6.92 Å². The summed E-state index contributed by atoms with van der Waals surface area (Å²) >= 11 is 0. The van der Waals surface area contributed by atoms with Crippen molar-refractivity contribution in [1.29, 1.82) is 0 Å². The van der Waals surface area contributed by atoms with Gasteiger partial charge in [-0.25, -0.2) is 0 Å². The smallest absolute Gasteiger partial charge is 0.331 e. The van der Waals surface area contributed by atoms with Crippen LogP contribution in [0.1, 0.15) is 39.0 Å². The maximum atomic E-state index is 13.7. The Morgan fingerprint density at radius 3 is 0.919 bits per heavy atom. The van der Waals surface area contributed by atoms with Gasteiger partial charge in [-0.2, -0.15) is 87.8 Å². The Morgan fingerprint density at radius 1 is 0.378 bits per heavy atom. The fourth-order valence-electron chi connectivity index (χ4n) is 2.53. The lowest BCUT2D eigenvalue weighted by Crippen LogP contribution is -2.77. The van der Waals surface area contributed by atoms with Crippen molar-refractivity contribution in [3.63, 3.8) is 0 Å². The predicted octanol–water partition coefficient (Wildman–Crippen LogP) is 8.26. The molecule has 0 rings (SSSR count). The van der Waals surface area contributed by atoms with Crippen LogP contribution >= 0.6 is 0 Å². The Kier molecular flexibility index (Phi) is 9.26. The van der Waals surface area contributed by atoms with Gasteiger partial charge in [0, 0.05) is 6.42 Å². The molecule has 0 fully saturated rings. The molecule has 0 aromatic carbocycles. The Morgan fingerprint density at radius 2 is 0.649 bits per heavy atom. The minimum atomic E-state index is -9.07. The topological polar surface area (TPSA) is 20.2 Å². The van der Waals surface area contributed by atoms with Crippen LogP contribution in [-0.4, -0.2) is 64.5 Å². The molecule has 0 aliphatic carbocycles. The highest BCUT2D eigenvalue weighted by Crippen LogP contribution is 2.66. The molecule has 0 saturated heterocycles. The molecule has 0 saturated carbocycles. The van der Waals surface area contributed by atoms with E-state index >= 15 is 0 Å². The number of rotatable bonds is 14. The van der Waals surface area contributed by atoms with Gasteiger partial charge in [-0.15, -0.1) is 0 Å². The lowest BCUT2D eigenvalue weighted by atomic mass is 9.85. The van der Waals surface area contributed by atoms with Crippen molar-refractivity contribution in [2.24, 2.45) is 0 Å². The van der Waals surface area contributed by atoms with E-state index in [4.69, 9.17) is 5.11 Å². The van der Waals surface area contributed by atoms with Crippen molar-refractivity contribution in [2.75, 3.05) is 0 Å². The van der Waals surface area contributed by atoms with Gasteiger partial charge in [0.15, 0.2) is 0 Å². The zero-order chi connectivity index (χ0) is 30.5. The largest absolute Gasteiger partial charge is 0.423 e. The van der Waals surface area contributed by atoms with Crippen molar-refractivity contribution in [1.82, 2.24) is 0 Å². The molecule has 0 aromatic rings. The van der Waals surface area contributed by atoms with E-state index < -0.39 is 78.7 Å². The fourth-order valence-corrected chi connectivity index (χ4v) is 2.53. The van der Waals surface area contributed by atoms with E-state index in [0.29, 0.717) is 0 Å². The van der Waals surface area contributed by atoms with Crippen molar-refractivity contribution in [3.8, 4) is 0 Å². The maximum Gasteiger partial charge on any atom is 0.423 e. The lowest BCUT2D eigenvalue weighted by molar-refractivity contribution is -0.479. The second-order valence-electron chi connectivity index (χ2n) is 7.65. The summed E-state index contributed by atoms with van der Waals surface area (Å²) in [5.74, 6) is -75.6. The molecule has 0 spiro atoms. The first-order valence-electron chi connectivity index (χ1n) is 9.31. The summed E-state index contributed by atoms with van der Waals surface area (Å²) in [5.41, 5.74) is 0. The van der Waals surface area contributed by atoms with Gasteiger partial charge in [0.25, 0.3) is 0 Å². The van der Waals surface area contributed by atoms with Crippen LogP contribution < -0.4 is 0 Å². The average Bonchev–Trinajstić information content (AvgIpc) is 2.69. The molecule has 0 bridgehead atoms. The van der Waals surface area contributed by atoms with E-state index in [1.54, 1.807) is 0 Å². The third kappa shape index (κ3) is 4.89. The molecule has 21 heteroatoms. The molecule has 224 valence electrons. The fraction of sp³-hybridized carbons (Fsp3) is 1.00. The number of alkyl halides is 20. The second-order valence-corrected chi connectivity index (χ2v) is 7.65. The van der Waals surface area contributed by atoms with Crippen molar-refractivity contribution in [2.45, 2.75) is 98.4 Å². The minimum Gasteiger partial charge on any atom is -0.331 e. The van der Waals surface area contributed by atoms with Gasteiger partial charge in [0.1, 0.15) is 0 Å². The van der Waals surface area contributed by atoms with Crippen LogP contribution in [0.25, 0.3) is 0 Å². The summed E-state index contributed by atoms with van der Waals surface area (Å²) in [6, 6.07) is 0. The highest BCUT2D eigenvalue weighted by Gasteiger charge is 2.97. The molecule has 0 unspecified atom stereocenters. The van der Waals surface area contributed by atoms with E-state index in [-0.39, 0.29) is 12.8 Å². The van der Waals surface area contributed by atoms with Crippen LogP contribution in [0.4, 0.5) is 87.8 Å². The lowest BCUT2D eigenvalue weighted by Gasteiger charge is -2.44. The molecule has 0 heterocycles. The van der Waals surface area contributed by atoms with Crippen molar-refractivity contribution < 1.29 is 92.9 Å². The van der Waals surface area contributed by atoms with E-state index in [0.717, 1.165) is 0 Å². The molecule has 1 N–H and O–H groups in total. The standard InChI is InChI=1S/C16H14F20O/c1-2-3-4-5-6-7(17,18)8(19,20)9(21,22)10(23,24)11(25,26)12(27,28)13(29,30)14(31,32)15(33,34)16(35,36)37/h37H,2-6H2,1H3. The normalized spacial score (nSPS) is 16.4. The van der Waals surface area contributed by atoms with Crippen LogP contribution in [0, 0.1) is 0 Å². The average molecular weight is 602 g/mol. The first-order chi connectivity index (χ1) is 15.8. The Labute approximate surface area is 192 Å². The number of unbranched alkanes of at least 4 members (excludes halogenated alkanes) is 3. The van der Waals surface area contributed by atoms with Gasteiger partial charge in [0.2, 0.25) is 0 Å². The summed E-state index contributed by atoms with van der Waals surface area (Å²) in [4.78, 5) is 0. The van der Waals surface area contributed by atoms with Crippen molar-refractivity contribution >= 4 is 0 Å². The molecule has 0 amide bonds. The van der Waals surface area contributed by atoms with Gasteiger partial charge >= 0.3 is 59.4 Å². The molecule has 0 aliphatic heterocycles. The molecular weight excluding hydrogens is 588 g/mol. The molecule has 0 atom stereocenters. The third-order valence-electron chi connectivity index (χ3n) is 4.94. The van der Waals surface area contributed by atoms with Crippen LogP contribution in [-0.2, 0) is 0 Å². The molecule has 37 heavy (non-hydrogen) atoms. The highest BCUT2D eigenvalue weighted by molar-refractivity contribution is 5.17. The summed E-state index contributed by atoms with van der Waals surface area (Å²) in [6.45, 7) is 1.39. The SMILES string of the molecule is CCCCCCC(F)(F)C(F)(F)C(F)(F)C(F)(F)C(F)(F)C(F)(F)C(F)(F)C(F)(F)C(F)(F)C(O)(F)F. The molecule has 0 radical (unpaired) electrons. The molecule has 0 aliphatic rings. The summed E-state index contributed by atoms with van der Waals surface area (Å²) in [7, 11) is 0. The predicted molar refractivity (Wildman–Crippen MR) is 80.4 cm³/mol. The van der Waals surface area contributed by atoms with Crippen LogP contribution in [0.15, 0.2) is 0 Å². The van der Waals surface area contributed by atoms with Gasteiger partial charge in [0.05, 0.1) is 0 Å². The first-order valence-corrected chi connectivity index (χ1v) is 9.31. The number of aliphatic hydroxyl groups is 1. The number of halogens is 20. The zero-order valence-corrected chi connectivity index (χ0v) is 17.5. The Hall–Kier alpha value is -1.44. The molecular formula is C16H14F20O. The third-order valence-corrected chi connectivity index (χ3v) is 4.94. The molecule has 0 aromatic heterocycles. The Balaban J connectivity index is 6.80. The minimum absolute atomic E-state index is 0.0562. The monoisotopic (exact) mass is 602 g/mol. The van der Waals surface area contributed by atoms with Crippen molar-refractivity contribution in [3.05, 3.63) is 0 Å². The first kappa shape index (κ1) is 35.6.